The number of anilines is 1. The van der Waals surface area contributed by atoms with Crippen LogP contribution in [0.25, 0.3) is 0 Å². The molecule has 17 heavy (non-hydrogen) atoms. The summed E-state index contributed by atoms with van der Waals surface area (Å²) in [7, 11) is 0. The molecule has 1 heterocycles. The van der Waals surface area contributed by atoms with Crippen molar-refractivity contribution in [2.24, 2.45) is 5.73 Å². The molecule has 0 spiro atoms. The smallest absolute Gasteiger partial charge is 0.127 e. The number of hydrogen-bond acceptors (Lipinski definition) is 4. The van der Waals surface area contributed by atoms with Gasteiger partial charge in [-0.1, -0.05) is 0 Å². The molecule has 1 fully saturated rings. The number of hydrogen-bond donors (Lipinski definition) is 2. The number of nitrogens with two attached hydrogens (primary N) is 1. The Morgan fingerprint density at radius 1 is 1.35 bits per heavy atom. The Hall–Kier alpha value is -1.31. The minimum Gasteiger partial charge on any atom is -0.367 e. The summed E-state index contributed by atoms with van der Waals surface area (Å²) in [5.74, 6) is 0.791. The van der Waals surface area contributed by atoms with E-state index in [1.165, 1.54) is 0 Å². The normalized spacial score (nSPS) is 23.3. The van der Waals surface area contributed by atoms with Gasteiger partial charge in [0.2, 0.25) is 0 Å². The lowest BCUT2D eigenvalue weighted by Crippen LogP contribution is -2.33. The Bertz CT molecular complexity index is 394. The molecule has 0 atom stereocenters. The topological polar surface area (TPSA) is 74.7 Å². The van der Waals surface area contributed by atoms with E-state index >= 15 is 0 Å². The first-order valence-electron chi connectivity index (χ1n) is 5.66. The first kappa shape index (κ1) is 13.8. The third-order valence-electron chi connectivity index (χ3n) is 3.01. The van der Waals surface area contributed by atoms with Crippen LogP contribution in [0.5, 0.6) is 0 Å². The fraction of sp³-hybridized carbons (Fsp3) is 0.500. The summed E-state index contributed by atoms with van der Waals surface area (Å²) in [6, 6.07) is 6.41. The van der Waals surface area contributed by atoms with Crippen LogP contribution < -0.4 is 11.1 Å². The summed E-state index contributed by atoms with van der Waals surface area (Å²) >= 11 is 0. The molecule has 0 saturated heterocycles. The predicted molar refractivity (Wildman–Crippen MR) is 70.1 cm³/mol. The summed E-state index contributed by atoms with van der Waals surface area (Å²) in [6.45, 7) is 0. The molecule has 3 N–H and O–H groups in total. The van der Waals surface area contributed by atoms with E-state index in [0.29, 0.717) is 17.6 Å². The van der Waals surface area contributed by atoms with Crippen molar-refractivity contribution in [1.82, 2.24) is 4.98 Å². The van der Waals surface area contributed by atoms with E-state index in [0.717, 1.165) is 31.5 Å². The molecule has 0 aromatic carbocycles. The van der Waals surface area contributed by atoms with Gasteiger partial charge in [-0.25, -0.2) is 4.98 Å². The number of nitrogens with zero attached hydrogens (tertiary/aromatic N) is 2. The lowest BCUT2D eigenvalue weighted by atomic mass is 9.92. The van der Waals surface area contributed by atoms with Crippen molar-refractivity contribution in [3.05, 3.63) is 23.9 Å². The van der Waals surface area contributed by atoms with Gasteiger partial charge in [-0.2, -0.15) is 5.26 Å². The molecule has 0 unspecified atom stereocenters. The molecule has 92 valence electrons. The van der Waals surface area contributed by atoms with Crippen molar-refractivity contribution >= 4 is 18.2 Å². The number of pyridine rings is 1. The maximum atomic E-state index is 8.78. The second kappa shape index (κ2) is 6.43. The first-order chi connectivity index (χ1) is 7.78. The summed E-state index contributed by atoms with van der Waals surface area (Å²) < 4.78 is 0. The zero-order valence-electron chi connectivity index (χ0n) is 9.60. The average Bonchev–Trinajstić information content (AvgIpc) is 2.32. The van der Waals surface area contributed by atoms with Crippen LogP contribution in [0, 0.1) is 11.3 Å². The van der Waals surface area contributed by atoms with E-state index in [9.17, 15) is 0 Å². The Labute approximate surface area is 108 Å². The van der Waals surface area contributed by atoms with E-state index in [2.05, 4.69) is 16.4 Å². The number of halogens is 1. The van der Waals surface area contributed by atoms with Crippen molar-refractivity contribution < 1.29 is 0 Å². The Balaban J connectivity index is 0.00000144. The molecule has 1 aromatic heterocycles. The summed E-state index contributed by atoms with van der Waals surface area (Å²) in [5, 5.41) is 12.1. The van der Waals surface area contributed by atoms with Crippen molar-refractivity contribution in [3.63, 3.8) is 0 Å². The molecule has 1 aromatic rings. The molecular weight excluding hydrogens is 236 g/mol. The fourth-order valence-corrected chi connectivity index (χ4v) is 2.05. The Morgan fingerprint density at radius 3 is 2.71 bits per heavy atom. The van der Waals surface area contributed by atoms with Crippen LogP contribution in [0.1, 0.15) is 31.2 Å². The second-order valence-corrected chi connectivity index (χ2v) is 4.30. The highest BCUT2D eigenvalue weighted by molar-refractivity contribution is 5.85. The summed E-state index contributed by atoms with van der Waals surface area (Å²) in [4.78, 5) is 4.21. The lowest BCUT2D eigenvalue weighted by molar-refractivity contribution is 0.410. The number of nitriles is 1. The van der Waals surface area contributed by atoms with Crippen LogP contribution in [0.2, 0.25) is 0 Å². The van der Waals surface area contributed by atoms with E-state index in [4.69, 9.17) is 11.0 Å². The zero-order chi connectivity index (χ0) is 11.4. The van der Waals surface area contributed by atoms with Gasteiger partial charge in [0.1, 0.15) is 5.82 Å². The van der Waals surface area contributed by atoms with Gasteiger partial charge in [-0.3, -0.25) is 0 Å². The van der Waals surface area contributed by atoms with Crippen LogP contribution in [-0.2, 0) is 0 Å². The SMILES string of the molecule is Cl.N#Cc1ccnc(NC2CCC(N)CC2)c1. The van der Waals surface area contributed by atoms with Crippen molar-refractivity contribution in [2.45, 2.75) is 37.8 Å². The van der Waals surface area contributed by atoms with Gasteiger partial charge < -0.3 is 11.1 Å². The summed E-state index contributed by atoms with van der Waals surface area (Å²) in [5.41, 5.74) is 6.49. The van der Waals surface area contributed by atoms with Crippen molar-refractivity contribution in [1.29, 1.82) is 5.26 Å². The van der Waals surface area contributed by atoms with Gasteiger partial charge >= 0.3 is 0 Å². The zero-order valence-corrected chi connectivity index (χ0v) is 10.4. The third-order valence-corrected chi connectivity index (χ3v) is 3.01. The highest BCUT2D eigenvalue weighted by Crippen LogP contribution is 2.20. The maximum absolute atomic E-state index is 8.78. The van der Waals surface area contributed by atoms with Crippen LogP contribution in [0.15, 0.2) is 18.3 Å². The Morgan fingerprint density at radius 2 is 2.06 bits per heavy atom. The minimum absolute atomic E-state index is 0. The van der Waals surface area contributed by atoms with Crippen LogP contribution in [0.4, 0.5) is 5.82 Å². The van der Waals surface area contributed by atoms with Gasteiger partial charge in [0.15, 0.2) is 0 Å². The monoisotopic (exact) mass is 252 g/mol. The number of nitrogens with one attached hydrogen (secondary N) is 1. The largest absolute Gasteiger partial charge is 0.367 e. The molecule has 5 heteroatoms. The van der Waals surface area contributed by atoms with Crippen LogP contribution in [0.3, 0.4) is 0 Å². The van der Waals surface area contributed by atoms with Crippen molar-refractivity contribution in [3.8, 4) is 6.07 Å². The third kappa shape index (κ3) is 3.88. The van der Waals surface area contributed by atoms with E-state index < -0.39 is 0 Å². The van der Waals surface area contributed by atoms with Gasteiger partial charge in [-0.05, 0) is 37.8 Å². The van der Waals surface area contributed by atoms with E-state index in [-0.39, 0.29) is 12.4 Å². The highest BCUT2D eigenvalue weighted by atomic mass is 35.5. The molecule has 0 bridgehead atoms. The molecule has 2 rings (SSSR count). The van der Waals surface area contributed by atoms with Gasteiger partial charge in [0, 0.05) is 18.3 Å². The lowest BCUT2D eigenvalue weighted by Gasteiger charge is -2.27. The average molecular weight is 253 g/mol. The predicted octanol–water partition coefficient (Wildman–Crippen LogP) is 2.06. The van der Waals surface area contributed by atoms with E-state index in [1.54, 1.807) is 18.3 Å². The standard InChI is InChI=1S/C12H16N4.ClH/c13-8-9-5-6-15-12(7-9)16-11-3-1-10(14)2-4-11;/h5-7,10-11H,1-4,14H2,(H,15,16);1H. The van der Waals surface area contributed by atoms with Crippen LogP contribution >= 0.6 is 12.4 Å². The Kier molecular flexibility index (Phi) is 5.20. The molecule has 0 amide bonds. The molecule has 4 nitrogen and oxygen atoms in total. The number of aromatic nitrogens is 1. The summed E-state index contributed by atoms with van der Waals surface area (Å²) in [6.07, 6.45) is 5.96. The molecule has 0 radical (unpaired) electrons. The fourth-order valence-electron chi connectivity index (χ4n) is 2.05. The molecular formula is C12H17ClN4. The number of rotatable bonds is 2. The van der Waals surface area contributed by atoms with Gasteiger partial charge in [0.25, 0.3) is 0 Å². The van der Waals surface area contributed by atoms with E-state index in [1.807, 2.05) is 0 Å². The molecule has 1 saturated carbocycles. The first-order valence-corrected chi connectivity index (χ1v) is 5.66. The maximum Gasteiger partial charge on any atom is 0.127 e. The van der Waals surface area contributed by atoms with Gasteiger partial charge in [-0.15, -0.1) is 12.4 Å². The highest BCUT2D eigenvalue weighted by Gasteiger charge is 2.18. The quantitative estimate of drug-likeness (QED) is 0.845. The minimum atomic E-state index is 0. The van der Waals surface area contributed by atoms with Crippen LogP contribution in [-0.4, -0.2) is 17.1 Å². The van der Waals surface area contributed by atoms with Crippen molar-refractivity contribution in [2.75, 3.05) is 5.32 Å². The molecule has 1 aliphatic rings. The molecule has 0 aliphatic heterocycles. The van der Waals surface area contributed by atoms with Gasteiger partial charge in [0.05, 0.1) is 11.6 Å². The molecule has 1 aliphatic carbocycles. The second-order valence-electron chi connectivity index (χ2n) is 4.30.